The van der Waals surface area contributed by atoms with Crippen LogP contribution in [0.2, 0.25) is 0 Å². The number of hydrogen-bond acceptors (Lipinski definition) is 4. The molecule has 1 fully saturated rings. The monoisotopic (exact) mass is 401 g/mol. The van der Waals surface area contributed by atoms with Crippen LogP contribution in [-0.4, -0.2) is 27.8 Å². The molecule has 3 rings (SSSR count). The van der Waals surface area contributed by atoms with Gasteiger partial charge < -0.3 is 10.4 Å². The van der Waals surface area contributed by atoms with E-state index >= 15 is 0 Å². The lowest BCUT2D eigenvalue weighted by Gasteiger charge is -2.23. The lowest BCUT2D eigenvalue weighted by molar-refractivity contribution is -0.115. The highest BCUT2D eigenvalue weighted by Crippen LogP contribution is 2.25. The topological polar surface area (TPSA) is 74.6 Å². The number of halogens is 1. The fraction of sp³-hybridized carbons (Fsp3) is 0.316. The molecule has 0 spiro atoms. The van der Waals surface area contributed by atoms with Crippen LogP contribution in [0, 0.1) is 0 Å². The zero-order valence-corrected chi connectivity index (χ0v) is 15.4. The molecule has 1 aromatic heterocycles. The number of phenolic OH excluding ortho intramolecular Hbond substituents is 1. The highest BCUT2D eigenvalue weighted by Gasteiger charge is 2.22. The van der Waals surface area contributed by atoms with Gasteiger partial charge in [-0.3, -0.25) is 4.79 Å². The van der Waals surface area contributed by atoms with Crippen LogP contribution in [0.5, 0.6) is 5.75 Å². The van der Waals surface area contributed by atoms with Gasteiger partial charge in [0.15, 0.2) is 5.82 Å². The molecule has 0 unspecified atom stereocenters. The van der Waals surface area contributed by atoms with E-state index in [-0.39, 0.29) is 23.4 Å². The molecule has 1 saturated carbocycles. The third-order valence-electron chi connectivity index (χ3n) is 4.24. The van der Waals surface area contributed by atoms with E-state index in [0.717, 1.165) is 30.2 Å². The first-order valence-electron chi connectivity index (χ1n) is 8.43. The van der Waals surface area contributed by atoms with Gasteiger partial charge in [-0.1, -0.05) is 41.3 Å². The highest BCUT2D eigenvalue weighted by atomic mass is 79.9. The summed E-state index contributed by atoms with van der Waals surface area (Å²) in [6, 6.07) is 10.4. The lowest BCUT2D eigenvalue weighted by Crippen LogP contribution is -2.40. The Kier molecular flexibility index (Phi) is 5.81. The van der Waals surface area contributed by atoms with Gasteiger partial charge in [0.25, 0.3) is 5.91 Å². The zero-order valence-electron chi connectivity index (χ0n) is 13.8. The number of amides is 1. The molecule has 2 N–H and O–H groups in total. The molecule has 1 aliphatic rings. The van der Waals surface area contributed by atoms with E-state index in [1.807, 2.05) is 6.07 Å². The van der Waals surface area contributed by atoms with Gasteiger partial charge in [-0.15, -0.1) is 0 Å². The van der Waals surface area contributed by atoms with E-state index in [0.29, 0.717) is 11.4 Å². The summed E-state index contributed by atoms with van der Waals surface area (Å²) in [6.07, 6.45) is 7.05. The van der Waals surface area contributed by atoms with E-state index in [1.165, 1.54) is 6.42 Å². The molecular formula is C19H20BrN3O2. The number of nitrogens with one attached hydrogen (secondary N) is 1. The second kappa shape index (κ2) is 8.25. The van der Waals surface area contributed by atoms with Crippen molar-refractivity contribution in [2.45, 2.75) is 38.1 Å². The average molecular weight is 402 g/mol. The summed E-state index contributed by atoms with van der Waals surface area (Å²) in [5, 5.41) is 13.3. The Morgan fingerprint density at radius 2 is 2.00 bits per heavy atom. The van der Waals surface area contributed by atoms with Gasteiger partial charge in [0.2, 0.25) is 0 Å². The summed E-state index contributed by atoms with van der Waals surface area (Å²) in [4.78, 5) is 21.5. The summed E-state index contributed by atoms with van der Waals surface area (Å²) in [5.41, 5.74) is 0.552. The average Bonchev–Trinajstić information content (AvgIpc) is 2.63. The van der Waals surface area contributed by atoms with Crippen LogP contribution in [0.4, 0.5) is 5.82 Å². The van der Waals surface area contributed by atoms with Crippen molar-refractivity contribution in [2.75, 3.05) is 0 Å². The molecular weight excluding hydrogens is 382 g/mol. The molecule has 2 aromatic rings. The first kappa shape index (κ1) is 17.6. The largest absolute Gasteiger partial charge is 0.507 e. The van der Waals surface area contributed by atoms with Crippen LogP contribution in [0.3, 0.4) is 0 Å². The number of phenols is 1. The molecule has 0 atom stereocenters. The molecule has 1 amide bonds. The number of hydrogen-bond donors (Lipinski definition) is 2. The Bertz CT molecular complexity index is 771. The lowest BCUT2D eigenvalue weighted by atomic mass is 9.95. The number of aromatic hydroxyl groups is 1. The van der Waals surface area contributed by atoms with Crippen LogP contribution in [0.25, 0.3) is 0 Å². The number of rotatable bonds is 4. The Hall–Kier alpha value is -2.21. The fourth-order valence-corrected chi connectivity index (χ4v) is 3.33. The van der Waals surface area contributed by atoms with Crippen molar-refractivity contribution in [2.24, 2.45) is 4.99 Å². The van der Waals surface area contributed by atoms with Gasteiger partial charge in [0, 0.05) is 22.3 Å². The van der Waals surface area contributed by atoms with Crippen LogP contribution in [0.1, 0.15) is 37.7 Å². The Labute approximate surface area is 155 Å². The molecule has 6 heteroatoms. The maximum absolute atomic E-state index is 12.9. The van der Waals surface area contributed by atoms with Crippen molar-refractivity contribution in [3.63, 3.8) is 0 Å². The first-order chi connectivity index (χ1) is 12.1. The molecule has 25 heavy (non-hydrogen) atoms. The normalized spacial score (nSPS) is 15.8. The predicted molar refractivity (Wildman–Crippen MR) is 101 cm³/mol. The van der Waals surface area contributed by atoms with Gasteiger partial charge in [-0.25, -0.2) is 9.98 Å². The van der Waals surface area contributed by atoms with Crippen LogP contribution in [-0.2, 0) is 4.79 Å². The van der Waals surface area contributed by atoms with Crippen LogP contribution in [0.15, 0.2) is 52.1 Å². The summed E-state index contributed by atoms with van der Waals surface area (Å²) in [6.45, 7) is 0. The second-order valence-corrected chi connectivity index (χ2v) is 7.03. The third-order valence-corrected chi connectivity index (χ3v) is 4.74. The molecule has 130 valence electrons. The molecule has 0 aliphatic heterocycles. The van der Waals surface area contributed by atoms with Crippen molar-refractivity contribution < 1.29 is 9.90 Å². The predicted octanol–water partition coefficient (Wildman–Crippen LogP) is 4.12. The standard InChI is InChI=1S/C19H20BrN3O2/c20-13-9-10-16(24)15(12-13)18(23-17-8-4-5-11-21-17)19(25)22-14-6-2-1-3-7-14/h4-5,8-12,14,24H,1-3,6-7H2,(H,22,25). The van der Waals surface area contributed by atoms with E-state index in [2.05, 4.69) is 31.2 Å². The van der Waals surface area contributed by atoms with Gasteiger partial charge in [0.1, 0.15) is 11.5 Å². The maximum atomic E-state index is 12.9. The number of aromatic nitrogens is 1. The SMILES string of the molecule is O=C(NC1CCCCC1)C(=Nc1ccccn1)c1cc(Br)ccc1O. The van der Waals surface area contributed by atoms with Gasteiger partial charge in [0.05, 0.1) is 0 Å². The minimum atomic E-state index is -0.286. The highest BCUT2D eigenvalue weighted by molar-refractivity contribution is 9.10. The summed E-state index contributed by atoms with van der Waals surface area (Å²) < 4.78 is 0.763. The van der Waals surface area contributed by atoms with E-state index < -0.39 is 0 Å². The third kappa shape index (κ3) is 4.66. The maximum Gasteiger partial charge on any atom is 0.270 e. The van der Waals surface area contributed by atoms with Crippen molar-refractivity contribution in [1.82, 2.24) is 10.3 Å². The van der Waals surface area contributed by atoms with Gasteiger partial charge in [-0.05, 0) is 43.2 Å². The summed E-state index contributed by atoms with van der Waals surface area (Å²) in [5.74, 6) is 0.151. The zero-order chi connectivity index (χ0) is 17.6. The number of pyridine rings is 1. The van der Waals surface area contributed by atoms with E-state index in [1.54, 1.807) is 36.5 Å². The van der Waals surface area contributed by atoms with Crippen molar-refractivity contribution >= 4 is 33.4 Å². The Morgan fingerprint density at radius 3 is 2.72 bits per heavy atom. The summed E-state index contributed by atoms with van der Waals surface area (Å²) >= 11 is 3.38. The van der Waals surface area contributed by atoms with Crippen LogP contribution < -0.4 is 5.32 Å². The smallest absolute Gasteiger partial charge is 0.270 e. The molecule has 1 heterocycles. The summed E-state index contributed by atoms with van der Waals surface area (Å²) in [7, 11) is 0. The Balaban J connectivity index is 1.95. The number of nitrogens with zero attached hydrogens (tertiary/aromatic N) is 2. The number of carbonyl (C=O) groups is 1. The van der Waals surface area contributed by atoms with Crippen molar-refractivity contribution in [3.05, 3.63) is 52.6 Å². The van der Waals surface area contributed by atoms with E-state index in [4.69, 9.17) is 0 Å². The fourth-order valence-electron chi connectivity index (χ4n) is 2.97. The number of carbonyl (C=O) groups excluding carboxylic acids is 1. The number of aliphatic imine (C=N–C) groups is 1. The molecule has 0 radical (unpaired) electrons. The van der Waals surface area contributed by atoms with E-state index in [9.17, 15) is 9.90 Å². The minimum Gasteiger partial charge on any atom is -0.507 e. The first-order valence-corrected chi connectivity index (χ1v) is 9.22. The second-order valence-electron chi connectivity index (χ2n) is 6.12. The quantitative estimate of drug-likeness (QED) is 0.756. The van der Waals surface area contributed by atoms with Crippen molar-refractivity contribution in [1.29, 1.82) is 0 Å². The molecule has 0 saturated heterocycles. The van der Waals surface area contributed by atoms with Gasteiger partial charge in [-0.2, -0.15) is 0 Å². The molecule has 1 aromatic carbocycles. The van der Waals surface area contributed by atoms with Crippen LogP contribution >= 0.6 is 15.9 Å². The minimum absolute atomic E-state index is 0.0108. The number of benzene rings is 1. The van der Waals surface area contributed by atoms with Crippen molar-refractivity contribution in [3.8, 4) is 5.75 Å². The molecule has 5 nitrogen and oxygen atoms in total. The molecule has 1 aliphatic carbocycles. The Morgan fingerprint density at radius 1 is 1.20 bits per heavy atom. The van der Waals surface area contributed by atoms with Gasteiger partial charge >= 0.3 is 0 Å². The molecule has 0 bridgehead atoms.